The fourth-order valence-corrected chi connectivity index (χ4v) is 2.64. The fraction of sp³-hybridized carbons (Fsp3) is 0.917. The topological polar surface area (TPSA) is 55.1 Å². The zero-order valence-electron chi connectivity index (χ0n) is 9.43. The van der Waals surface area contributed by atoms with Crippen LogP contribution in [0.2, 0.25) is 0 Å². The number of rotatable bonds is 3. The van der Waals surface area contributed by atoms with Gasteiger partial charge in [-0.3, -0.25) is 4.79 Å². The molecule has 0 radical (unpaired) electrons. The lowest BCUT2D eigenvalue weighted by Gasteiger charge is -2.39. The first kappa shape index (κ1) is 10.9. The van der Waals surface area contributed by atoms with Crippen molar-refractivity contribution in [1.82, 2.24) is 5.32 Å². The number of carbonyl (C=O) groups excluding carboxylic acids is 1. The molecule has 2 saturated carbocycles. The van der Waals surface area contributed by atoms with Gasteiger partial charge in [0.2, 0.25) is 5.91 Å². The predicted molar refractivity (Wildman–Crippen MR) is 60.4 cm³/mol. The van der Waals surface area contributed by atoms with Crippen LogP contribution < -0.4 is 11.1 Å². The standard InChI is InChI=1S/C12H22N2O/c13-9-12(7-2-1-3-8-12)14-11(15)10-5-4-6-10/h10H,1-9,13H2,(H,14,15). The Labute approximate surface area is 91.8 Å². The van der Waals surface area contributed by atoms with E-state index in [-0.39, 0.29) is 17.4 Å². The molecule has 0 aromatic carbocycles. The van der Waals surface area contributed by atoms with Crippen LogP contribution in [0.3, 0.4) is 0 Å². The molecule has 0 saturated heterocycles. The average molecular weight is 210 g/mol. The van der Waals surface area contributed by atoms with Gasteiger partial charge in [-0.05, 0) is 25.7 Å². The van der Waals surface area contributed by atoms with Gasteiger partial charge in [-0.2, -0.15) is 0 Å². The Balaban J connectivity index is 1.90. The number of hydrogen-bond donors (Lipinski definition) is 2. The molecule has 3 N–H and O–H groups in total. The second-order valence-electron chi connectivity index (χ2n) is 5.16. The zero-order valence-corrected chi connectivity index (χ0v) is 9.43. The SMILES string of the molecule is NCC1(NC(=O)C2CCC2)CCCCC1. The van der Waals surface area contributed by atoms with Gasteiger partial charge in [0.15, 0.2) is 0 Å². The van der Waals surface area contributed by atoms with E-state index in [0.717, 1.165) is 25.7 Å². The molecule has 3 heteroatoms. The number of nitrogens with one attached hydrogen (secondary N) is 1. The Kier molecular flexibility index (Phi) is 3.29. The van der Waals surface area contributed by atoms with E-state index >= 15 is 0 Å². The molecule has 0 bridgehead atoms. The van der Waals surface area contributed by atoms with E-state index in [2.05, 4.69) is 5.32 Å². The highest BCUT2D eigenvalue weighted by Gasteiger charge is 2.35. The second kappa shape index (κ2) is 4.52. The average Bonchev–Trinajstić information content (AvgIpc) is 2.16. The molecular weight excluding hydrogens is 188 g/mol. The third-order valence-electron chi connectivity index (χ3n) is 4.07. The number of amides is 1. The van der Waals surface area contributed by atoms with Gasteiger partial charge in [-0.25, -0.2) is 0 Å². The van der Waals surface area contributed by atoms with E-state index in [9.17, 15) is 4.79 Å². The van der Waals surface area contributed by atoms with Gasteiger partial charge in [-0.15, -0.1) is 0 Å². The van der Waals surface area contributed by atoms with Crippen LogP contribution >= 0.6 is 0 Å². The van der Waals surface area contributed by atoms with Crippen LogP contribution in [-0.4, -0.2) is 18.0 Å². The Bertz CT molecular complexity index is 230. The molecule has 0 aromatic rings. The van der Waals surface area contributed by atoms with Gasteiger partial charge in [0.05, 0.1) is 5.54 Å². The summed E-state index contributed by atoms with van der Waals surface area (Å²) in [6, 6.07) is 0. The summed E-state index contributed by atoms with van der Waals surface area (Å²) >= 11 is 0. The maximum absolute atomic E-state index is 11.9. The summed E-state index contributed by atoms with van der Waals surface area (Å²) in [5, 5.41) is 3.22. The van der Waals surface area contributed by atoms with Gasteiger partial charge < -0.3 is 11.1 Å². The van der Waals surface area contributed by atoms with E-state index in [1.165, 1.54) is 25.7 Å². The van der Waals surface area contributed by atoms with Crippen molar-refractivity contribution in [3.05, 3.63) is 0 Å². The highest BCUT2D eigenvalue weighted by atomic mass is 16.2. The van der Waals surface area contributed by atoms with Crippen molar-refractivity contribution in [1.29, 1.82) is 0 Å². The van der Waals surface area contributed by atoms with Crippen LogP contribution in [0.15, 0.2) is 0 Å². The summed E-state index contributed by atoms with van der Waals surface area (Å²) in [6.07, 6.45) is 9.22. The van der Waals surface area contributed by atoms with Crippen molar-refractivity contribution < 1.29 is 4.79 Å². The number of nitrogens with two attached hydrogens (primary N) is 1. The summed E-state index contributed by atoms with van der Waals surface area (Å²) in [4.78, 5) is 11.9. The molecule has 2 aliphatic carbocycles. The lowest BCUT2D eigenvalue weighted by molar-refractivity contribution is -0.129. The summed E-state index contributed by atoms with van der Waals surface area (Å²) in [7, 11) is 0. The lowest BCUT2D eigenvalue weighted by atomic mass is 9.79. The van der Waals surface area contributed by atoms with E-state index in [1.54, 1.807) is 0 Å². The van der Waals surface area contributed by atoms with Gasteiger partial charge in [0.1, 0.15) is 0 Å². The first-order chi connectivity index (χ1) is 7.26. The third kappa shape index (κ3) is 2.33. The zero-order chi connectivity index (χ0) is 10.7. The van der Waals surface area contributed by atoms with Gasteiger partial charge in [0, 0.05) is 12.5 Å². The monoisotopic (exact) mass is 210 g/mol. The van der Waals surface area contributed by atoms with Crippen LogP contribution in [0.4, 0.5) is 0 Å². The summed E-state index contributed by atoms with van der Waals surface area (Å²) in [5.74, 6) is 0.545. The Morgan fingerprint density at radius 3 is 2.33 bits per heavy atom. The molecule has 86 valence electrons. The van der Waals surface area contributed by atoms with Gasteiger partial charge in [0.25, 0.3) is 0 Å². The second-order valence-corrected chi connectivity index (χ2v) is 5.16. The molecule has 0 heterocycles. The molecule has 2 rings (SSSR count). The predicted octanol–water partition coefficient (Wildman–Crippen LogP) is 1.56. The fourth-order valence-electron chi connectivity index (χ4n) is 2.64. The minimum absolute atomic E-state index is 0.0646. The molecule has 3 nitrogen and oxygen atoms in total. The van der Waals surface area contributed by atoms with Gasteiger partial charge in [-0.1, -0.05) is 25.7 Å². The minimum Gasteiger partial charge on any atom is -0.349 e. The summed E-state index contributed by atoms with van der Waals surface area (Å²) in [5.41, 5.74) is 5.77. The third-order valence-corrected chi connectivity index (χ3v) is 4.07. The van der Waals surface area contributed by atoms with Gasteiger partial charge >= 0.3 is 0 Å². The normalized spacial score (nSPS) is 25.7. The minimum atomic E-state index is -0.0646. The Morgan fingerprint density at radius 2 is 1.87 bits per heavy atom. The molecule has 0 aliphatic heterocycles. The molecule has 0 unspecified atom stereocenters. The molecule has 15 heavy (non-hydrogen) atoms. The van der Waals surface area contributed by atoms with Crippen LogP contribution in [-0.2, 0) is 4.79 Å². The molecule has 2 fully saturated rings. The van der Waals surface area contributed by atoms with Crippen molar-refractivity contribution in [2.24, 2.45) is 11.7 Å². The van der Waals surface area contributed by atoms with Crippen molar-refractivity contribution >= 4 is 5.91 Å². The van der Waals surface area contributed by atoms with Crippen LogP contribution in [0.1, 0.15) is 51.4 Å². The molecule has 0 atom stereocenters. The van der Waals surface area contributed by atoms with Crippen LogP contribution in [0.25, 0.3) is 0 Å². The number of hydrogen-bond acceptors (Lipinski definition) is 2. The van der Waals surface area contributed by atoms with E-state index in [0.29, 0.717) is 6.54 Å². The van der Waals surface area contributed by atoms with E-state index < -0.39 is 0 Å². The molecular formula is C12H22N2O. The van der Waals surface area contributed by atoms with E-state index in [1.807, 2.05) is 0 Å². The van der Waals surface area contributed by atoms with E-state index in [4.69, 9.17) is 5.73 Å². The van der Waals surface area contributed by atoms with Crippen molar-refractivity contribution in [3.8, 4) is 0 Å². The Morgan fingerprint density at radius 1 is 1.20 bits per heavy atom. The van der Waals surface area contributed by atoms with Crippen molar-refractivity contribution in [2.75, 3.05) is 6.54 Å². The largest absolute Gasteiger partial charge is 0.349 e. The van der Waals surface area contributed by atoms with Crippen LogP contribution in [0, 0.1) is 5.92 Å². The highest BCUT2D eigenvalue weighted by Crippen LogP contribution is 2.31. The summed E-state index contributed by atoms with van der Waals surface area (Å²) in [6.45, 7) is 0.603. The first-order valence-electron chi connectivity index (χ1n) is 6.28. The Hall–Kier alpha value is -0.570. The maximum atomic E-state index is 11.9. The molecule has 2 aliphatic rings. The lowest BCUT2D eigenvalue weighted by Crippen LogP contribution is -2.56. The van der Waals surface area contributed by atoms with Crippen molar-refractivity contribution in [3.63, 3.8) is 0 Å². The highest BCUT2D eigenvalue weighted by molar-refractivity contribution is 5.80. The van der Waals surface area contributed by atoms with Crippen LogP contribution in [0.5, 0.6) is 0 Å². The molecule has 1 amide bonds. The first-order valence-corrected chi connectivity index (χ1v) is 6.28. The molecule has 0 spiro atoms. The molecule has 0 aromatic heterocycles. The number of carbonyl (C=O) groups is 1. The maximum Gasteiger partial charge on any atom is 0.223 e. The summed E-state index contributed by atoms with van der Waals surface area (Å²) < 4.78 is 0. The van der Waals surface area contributed by atoms with Crippen molar-refractivity contribution in [2.45, 2.75) is 56.9 Å². The smallest absolute Gasteiger partial charge is 0.223 e. The quantitative estimate of drug-likeness (QED) is 0.743.